The van der Waals surface area contributed by atoms with Gasteiger partial charge in [0.2, 0.25) is 5.43 Å². The predicted molar refractivity (Wildman–Crippen MR) is 79.7 cm³/mol. The number of hydrogen-bond acceptors (Lipinski definition) is 3. The summed E-state index contributed by atoms with van der Waals surface area (Å²) in [6.07, 6.45) is 0. The lowest BCUT2D eigenvalue weighted by atomic mass is 10.2. The largest absolute Gasteiger partial charge is 0.503 e. The number of aromatic hydroxyl groups is 1. The molecule has 1 N–H and O–H groups in total. The lowest BCUT2D eigenvalue weighted by Gasteiger charge is -2.20. The minimum Gasteiger partial charge on any atom is -0.503 e. The molecule has 0 bridgehead atoms. The van der Waals surface area contributed by atoms with E-state index in [0.29, 0.717) is 12.2 Å². The van der Waals surface area contributed by atoms with Crippen LogP contribution in [0.2, 0.25) is 0 Å². The van der Waals surface area contributed by atoms with E-state index in [0.717, 1.165) is 12.2 Å². The number of rotatable bonds is 4. The van der Waals surface area contributed by atoms with Crippen LogP contribution in [0.4, 0.5) is 0 Å². The van der Waals surface area contributed by atoms with Crippen molar-refractivity contribution in [1.82, 2.24) is 9.47 Å². The highest BCUT2D eigenvalue weighted by molar-refractivity contribution is 5.29. The van der Waals surface area contributed by atoms with E-state index in [1.54, 1.807) is 0 Å². The summed E-state index contributed by atoms with van der Waals surface area (Å²) in [6, 6.07) is 11.6. The first kappa shape index (κ1) is 14.3. The molecule has 2 aromatic rings. The third kappa shape index (κ3) is 3.08. The minimum absolute atomic E-state index is 0.155. The van der Waals surface area contributed by atoms with Gasteiger partial charge < -0.3 is 9.67 Å². The van der Waals surface area contributed by atoms with Crippen molar-refractivity contribution in [3.8, 4) is 5.75 Å². The Hall–Kier alpha value is -2.07. The Kier molecular flexibility index (Phi) is 4.25. The molecular formula is C16H20N2O2. The second-order valence-corrected chi connectivity index (χ2v) is 5.16. The predicted octanol–water partition coefficient (Wildman–Crippen LogP) is 2.03. The van der Waals surface area contributed by atoms with Crippen LogP contribution >= 0.6 is 0 Å². The van der Waals surface area contributed by atoms with Crippen molar-refractivity contribution in [2.24, 2.45) is 7.05 Å². The van der Waals surface area contributed by atoms with Crippen LogP contribution in [0.1, 0.15) is 17.0 Å². The van der Waals surface area contributed by atoms with Gasteiger partial charge in [0.1, 0.15) is 0 Å². The molecule has 0 saturated heterocycles. The van der Waals surface area contributed by atoms with Gasteiger partial charge in [0, 0.05) is 31.9 Å². The number of hydrogen-bond donors (Lipinski definition) is 1. The van der Waals surface area contributed by atoms with E-state index in [4.69, 9.17) is 0 Å². The molecule has 0 atom stereocenters. The van der Waals surface area contributed by atoms with Crippen LogP contribution in [0, 0.1) is 6.92 Å². The number of nitrogens with zero attached hydrogens (tertiary/aromatic N) is 2. The quantitative estimate of drug-likeness (QED) is 0.926. The average Bonchev–Trinajstić information content (AvgIpc) is 2.42. The maximum atomic E-state index is 11.7. The zero-order valence-corrected chi connectivity index (χ0v) is 12.1. The molecule has 0 unspecified atom stereocenters. The molecule has 2 rings (SSSR count). The third-order valence-corrected chi connectivity index (χ3v) is 3.50. The molecule has 0 spiro atoms. The number of aromatic nitrogens is 1. The Morgan fingerprint density at radius 2 is 1.85 bits per heavy atom. The summed E-state index contributed by atoms with van der Waals surface area (Å²) >= 11 is 0. The summed E-state index contributed by atoms with van der Waals surface area (Å²) < 4.78 is 1.86. The van der Waals surface area contributed by atoms with Crippen molar-refractivity contribution >= 4 is 0 Å². The maximum absolute atomic E-state index is 11.7. The molecule has 0 aliphatic carbocycles. The molecule has 1 aromatic heterocycles. The van der Waals surface area contributed by atoms with E-state index in [9.17, 15) is 9.90 Å². The van der Waals surface area contributed by atoms with E-state index in [1.807, 2.05) is 43.8 Å². The lowest BCUT2D eigenvalue weighted by Crippen LogP contribution is -2.22. The van der Waals surface area contributed by atoms with Gasteiger partial charge in [-0.2, -0.15) is 0 Å². The highest BCUT2D eigenvalue weighted by Crippen LogP contribution is 2.16. The van der Waals surface area contributed by atoms with Crippen molar-refractivity contribution in [3.63, 3.8) is 0 Å². The van der Waals surface area contributed by atoms with E-state index >= 15 is 0 Å². The monoisotopic (exact) mass is 272 g/mol. The molecular weight excluding hydrogens is 252 g/mol. The summed E-state index contributed by atoms with van der Waals surface area (Å²) in [5.41, 5.74) is 2.38. The van der Waals surface area contributed by atoms with Crippen LogP contribution in [0.5, 0.6) is 5.75 Å². The first-order valence-corrected chi connectivity index (χ1v) is 6.60. The Morgan fingerprint density at radius 1 is 1.20 bits per heavy atom. The van der Waals surface area contributed by atoms with Gasteiger partial charge in [-0.3, -0.25) is 9.69 Å². The van der Waals surface area contributed by atoms with E-state index in [2.05, 4.69) is 17.0 Å². The number of benzene rings is 1. The highest BCUT2D eigenvalue weighted by atomic mass is 16.3. The zero-order chi connectivity index (χ0) is 14.7. The van der Waals surface area contributed by atoms with Crippen molar-refractivity contribution < 1.29 is 5.11 Å². The Morgan fingerprint density at radius 3 is 2.50 bits per heavy atom. The molecule has 0 saturated carbocycles. The number of aryl methyl sites for hydroxylation is 1. The molecule has 1 aromatic carbocycles. The number of pyridine rings is 1. The van der Waals surface area contributed by atoms with E-state index < -0.39 is 0 Å². The summed E-state index contributed by atoms with van der Waals surface area (Å²) in [5.74, 6) is -0.155. The molecule has 0 aliphatic rings. The normalized spacial score (nSPS) is 11.0. The molecule has 1 heterocycles. The summed E-state index contributed by atoms with van der Waals surface area (Å²) in [4.78, 5) is 13.7. The second-order valence-electron chi connectivity index (χ2n) is 5.16. The smallest absolute Gasteiger partial charge is 0.223 e. The molecule has 0 amide bonds. The fraction of sp³-hybridized carbons (Fsp3) is 0.312. The highest BCUT2D eigenvalue weighted by Gasteiger charge is 2.12. The molecule has 0 aliphatic heterocycles. The van der Waals surface area contributed by atoms with Crippen molar-refractivity contribution in [2.75, 3.05) is 7.05 Å². The SMILES string of the molecule is Cc1cc(=O)c(O)c(CN(C)Cc2ccccc2)n1C. The summed E-state index contributed by atoms with van der Waals surface area (Å²) in [6.45, 7) is 3.15. The lowest BCUT2D eigenvalue weighted by molar-refractivity contribution is 0.301. The van der Waals surface area contributed by atoms with Gasteiger partial charge in [-0.25, -0.2) is 0 Å². The van der Waals surface area contributed by atoms with Crippen LogP contribution in [-0.2, 0) is 20.1 Å². The zero-order valence-electron chi connectivity index (χ0n) is 12.1. The third-order valence-electron chi connectivity index (χ3n) is 3.50. The van der Waals surface area contributed by atoms with Crippen LogP contribution in [0.15, 0.2) is 41.2 Å². The molecule has 106 valence electrons. The van der Waals surface area contributed by atoms with Gasteiger partial charge in [-0.15, -0.1) is 0 Å². The van der Waals surface area contributed by atoms with E-state index in [-0.39, 0.29) is 11.2 Å². The molecule has 0 radical (unpaired) electrons. The van der Waals surface area contributed by atoms with Gasteiger partial charge in [-0.05, 0) is 19.5 Å². The molecule has 4 heteroatoms. The Bertz CT molecular complexity index is 648. The first-order chi connectivity index (χ1) is 9.49. The van der Waals surface area contributed by atoms with Crippen LogP contribution < -0.4 is 5.43 Å². The first-order valence-electron chi connectivity index (χ1n) is 6.60. The van der Waals surface area contributed by atoms with Crippen LogP contribution in [0.25, 0.3) is 0 Å². The standard InChI is InChI=1S/C16H20N2O2/c1-12-9-15(19)16(20)14(18(12)3)11-17(2)10-13-7-5-4-6-8-13/h4-9,20H,10-11H2,1-3H3. The Labute approximate surface area is 118 Å². The van der Waals surface area contributed by atoms with Gasteiger partial charge in [0.25, 0.3) is 0 Å². The van der Waals surface area contributed by atoms with Gasteiger partial charge in [0.05, 0.1) is 5.69 Å². The van der Waals surface area contributed by atoms with Gasteiger partial charge in [0.15, 0.2) is 5.75 Å². The van der Waals surface area contributed by atoms with Crippen molar-refractivity contribution in [1.29, 1.82) is 0 Å². The topological polar surface area (TPSA) is 45.5 Å². The average molecular weight is 272 g/mol. The van der Waals surface area contributed by atoms with Crippen molar-refractivity contribution in [2.45, 2.75) is 20.0 Å². The second kappa shape index (κ2) is 5.92. The van der Waals surface area contributed by atoms with Crippen molar-refractivity contribution in [3.05, 3.63) is 63.6 Å². The maximum Gasteiger partial charge on any atom is 0.223 e. The van der Waals surface area contributed by atoms with Gasteiger partial charge >= 0.3 is 0 Å². The van der Waals surface area contributed by atoms with Crippen LogP contribution in [-0.4, -0.2) is 21.6 Å². The molecule has 0 fully saturated rings. The van der Waals surface area contributed by atoms with Gasteiger partial charge in [-0.1, -0.05) is 30.3 Å². The molecule has 20 heavy (non-hydrogen) atoms. The molecule has 4 nitrogen and oxygen atoms in total. The fourth-order valence-electron chi connectivity index (χ4n) is 2.26. The van der Waals surface area contributed by atoms with E-state index in [1.165, 1.54) is 11.6 Å². The summed E-state index contributed by atoms with van der Waals surface area (Å²) in [7, 11) is 3.83. The minimum atomic E-state index is -0.316. The summed E-state index contributed by atoms with van der Waals surface area (Å²) in [5, 5.41) is 9.96. The Balaban J connectivity index is 2.20. The van der Waals surface area contributed by atoms with Crippen LogP contribution in [0.3, 0.4) is 0 Å². The fourth-order valence-corrected chi connectivity index (χ4v) is 2.26.